The van der Waals surface area contributed by atoms with Gasteiger partial charge in [0.25, 0.3) is 0 Å². The number of fused-ring (bicyclic) bond motifs is 7. The first-order valence-electron chi connectivity index (χ1n) is 17.2. The predicted molar refractivity (Wildman–Crippen MR) is 212 cm³/mol. The van der Waals surface area contributed by atoms with Crippen LogP contribution < -0.4 is 0 Å². The van der Waals surface area contributed by atoms with Gasteiger partial charge in [-0.25, -0.2) is 9.97 Å². The van der Waals surface area contributed by atoms with Gasteiger partial charge in [0.15, 0.2) is 5.82 Å². The molecular weight excluding hydrogens is 621 g/mol. The van der Waals surface area contributed by atoms with Crippen molar-refractivity contribution in [3.8, 4) is 56.2 Å². The van der Waals surface area contributed by atoms with E-state index in [0.717, 1.165) is 77.7 Å². The van der Waals surface area contributed by atoms with E-state index >= 15 is 0 Å². The number of rotatable bonds is 5. The van der Waals surface area contributed by atoms with Crippen LogP contribution >= 0.6 is 0 Å². The highest BCUT2D eigenvalue weighted by atomic mass is 16.3. The standard InChI is InChI=1S/C48H30N2O/c1-4-12-31(13-5-1)36-26-37(28-38(27-36)45-30-44(33-15-6-2-7-16-33)49-48(50-45)34-17-8-3-9-18-34)35-21-22-41-43-25-24-40-39-19-11-10-14-32(39)20-23-42(40)47(43)51-46(41)29-35/h1-30H. The molecule has 51 heavy (non-hydrogen) atoms. The molecule has 0 spiro atoms. The first kappa shape index (κ1) is 29.1. The van der Waals surface area contributed by atoms with Crippen molar-refractivity contribution < 1.29 is 4.42 Å². The van der Waals surface area contributed by atoms with Gasteiger partial charge in [-0.1, -0.05) is 133 Å². The largest absolute Gasteiger partial charge is 0.455 e. The second-order valence-electron chi connectivity index (χ2n) is 13.0. The molecule has 0 aliphatic heterocycles. The molecule has 3 heteroatoms. The van der Waals surface area contributed by atoms with E-state index in [0.29, 0.717) is 5.82 Å². The molecular formula is C48H30N2O. The average molecular weight is 651 g/mol. The van der Waals surface area contributed by atoms with Crippen molar-refractivity contribution in [2.24, 2.45) is 0 Å². The van der Waals surface area contributed by atoms with Crippen molar-refractivity contribution in [1.82, 2.24) is 9.97 Å². The van der Waals surface area contributed by atoms with Crippen LogP contribution in [0.5, 0.6) is 0 Å². The number of aromatic nitrogens is 2. The second-order valence-corrected chi connectivity index (χ2v) is 13.0. The third kappa shape index (κ3) is 5.15. The minimum Gasteiger partial charge on any atom is -0.455 e. The minimum absolute atomic E-state index is 0.697. The first-order chi connectivity index (χ1) is 25.2. The maximum atomic E-state index is 6.72. The molecule has 0 fully saturated rings. The average Bonchev–Trinajstić information content (AvgIpc) is 3.60. The zero-order chi connectivity index (χ0) is 33.7. The van der Waals surface area contributed by atoms with Crippen LogP contribution in [-0.2, 0) is 0 Å². The number of hydrogen-bond donors (Lipinski definition) is 0. The summed E-state index contributed by atoms with van der Waals surface area (Å²) in [5.74, 6) is 0.697. The van der Waals surface area contributed by atoms with Crippen LogP contribution in [0.25, 0.3) is 99.6 Å². The van der Waals surface area contributed by atoms with Crippen LogP contribution in [0.2, 0.25) is 0 Å². The van der Waals surface area contributed by atoms with Crippen LogP contribution in [0.1, 0.15) is 0 Å². The maximum absolute atomic E-state index is 6.72. The number of hydrogen-bond acceptors (Lipinski definition) is 3. The van der Waals surface area contributed by atoms with Gasteiger partial charge in [-0.05, 0) is 86.9 Å². The highest BCUT2D eigenvalue weighted by molar-refractivity contribution is 6.20. The summed E-state index contributed by atoms with van der Waals surface area (Å²) >= 11 is 0. The molecule has 0 amide bonds. The Bertz CT molecular complexity index is 2840. The molecule has 10 rings (SSSR count). The zero-order valence-electron chi connectivity index (χ0n) is 27.6. The molecule has 0 unspecified atom stereocenters. The second kappa shape index (κ2) is 11.9. The minimum atomic E-state index is 0.697. The molecule has 10 aromatic rings. The van der Waals surface area contributed by atoms with E-state index in [-0.39, 0.29) is 0 Å². The molecule has 2 heterocycles. The summed E-state index contributed by atoms with van der Waals surface area (Å²) in [6, 6.07) is 63.8. The molecule has 3 nitrogen and oxygen atoms in total. The lowest BCUT2D eigenvalue weighted by Crippen LogP contribution is -1.96. The number of benzene rings is 8. The van der Waals surface area contributed by atoms with Gasteiger partial charge in [0.1, 0.15) is 11.2 Å². The molecule has 0 atom stereocenters. The Morgan fingerprint density at radius 1 is 0.314 bits per heavy atom. The lowest BCUT2D eigenvalue weighted by atomic mass is 9.94. The maximum Gasteiger partial charge on any atom is 0.160 e. The third-order valence-electron chi connectivity index (χ3n) is 9.86. The van der Waals surface area contributed by atoms with Gasteiger partial charge >= 0.3 is 0 Å². The summed E-state index contributed by atoms with van der Waals surface area (Å²) in [4.78, 5) is 10.2. The predicted octanol–water partition coefficient (Wildman–Crippen LogP) is 13.0. The molecule has 0 N–H and O–H groups in total. The molecule has 2 aromatic heterocycles. The Balaban J connectivity index is 1.17. The zero-order valence-corrected chi connectivity index (χ0v) is 27.6. The fourth-order valence-corrected chi connectivity index (χ4v) is 7.31. The summed E-state index contributed by atoms with van der Waals surface area (Å²) in [6.07, 6.45) is 0. The topological polar surface area (TPSA) is 38.9 Å². The smallest absolute Gasteiger partial charge is 0.160 e. The van der Waals surface area contributed by atoms with Crippen LogP contribution in [0.4, 0.5) is 0 Å². The fraction of sp³-hybridized carbons (Fsp3) is 0. The highest BCUT2D eigenvalue weighted by Crippen LogP contribution is 2.40. The fourth-order valence-electron chi connectivity index (χ4n) is 7.31. The molecule has 0 saturated carbocycles. The lowest BCUT2D eigenvalue weighted by molar-refractivity contribution is 0.673. The summed E-state index contributed by atoms with van der Waals surface area (Å²) in [7, 11) is 0. The Morgan fingerprint density at radius 2 is 0.863 bits per heavy atom. The molecule has 0 saturated heterocycles. The van der Waals surface area contributed by atoms with E-state index in [2.05, 4.69) is 146 Å². The molecule has 238 valence electrons. The number of nitrogens with zero attached hydrogens (tertiary/aromatic N) is 2. The summed E-state index contributed by atoms with van der Waals surface area (Å²) in [5.41, 5.74) is 11.0. The van der Waals surface area contributed by atoms with Gasteiger partial charge in [-0.15, -0.1) is 0 Å². The molecule has 8 aromatic carbocycles. The van der Waals surface area contributed by atoms with Crippen LogP contribution in [-0.4, -0.2) is 9.97 Å². The van der Waals surface area contributed by atoms with Gasteiger partial charge in [0.05, 0.1) is 11.4 Å². The van der Waals surface area contributed by atoms with Crippen LogP contribution in [0.3, 0.4) is 0 Å². The van der Waals surface area contributed by atoms with E-state index in [1.165, 1.54) is 16.2 Å². The van der Waals surface area contributed by atoms with Crippen molar-refractivity contribution in [2.45, 2.75) is 0 Å². The number of furan rings is 1. The molecule has 0 bridgehead atoms. The van der Waals surface area contributed by atoms with E-state index < -0.39 is 0 Å². The van der Waals surface area contributed by atoms with E-state index in [1.54, 1.807) is 0 Å². The lowest BCUT2D eigenvalue weighted by Gasteiger charge is -2.13. The van der Waals surface area contributed by atoms with E-state index in [1.807, 2.05) is 36.4 Å². The van der Waals surface area contributed by atoms with Crippen molar-refractivity contribution in [3.63, 3.8) is 0 Å². The first-order valence-corrected chi connectivity index (χ1v) is 17.2. The summed E-state index contributed by atoms with van der Waals surface area (Å²) < 4.78 is 6.72. The highest BCUT2D eigenvalue weighted by Gasteiger charge is 2.16. The Kier molecular flexibility index (Phi) is 6.81. The Hall–Kier alpha value is -6.84. The monoisotopic (exact) mass is 650 g/mol. The van der Waals surface area contributed by atoms with Gasteiger partial charge in [-0.3, -0.25) is 0 Å². The Labute approximate surface area is 295 Å². The quantitative estimate of drug-likeness (QED) is 0.174. The molecule has 0 aliphatic carbocycles. The molecule has 0 aliphatic rings. The van der Waals surface area contributed by atoms with Gasteiger partial charge in [0.2, 0.25) is 0 Å². The molecule has 0 radical (unpaired) electrons. The third-order valence-corrected chi connectivity index (χ3v) is 9.86. The van der Waals surface area contributed by atoms with Crippen LogP contribution in [0, 0.1) is 0 Å². The normalized spacial score (nSPS) is 11.5. The van der Waals surface area contributed by atoms with Crippen molar-refractivity contribution in [2.75, 3.05) is 0 Å². The van der Waals surface area contributed by atoms with Crippen molar-refractivity contribution in [1.29, 1.82) is 0 Å². The van der Waals surface area contributed by atoms with Gasteiger partial charge in [-0.2, -0.15) is 0 Å². The van der Waals surface area contributed by atoms with Crippen LogP contribution in [0.15, 0.2) is 186 Å². The summed E-state index contributed by atoms with van der Waals surface area (Å²) in [5, 5.41) is 7.03. The van der Waals surface area contributed by atoms with Gasteiger partial charge in [0, 0.05) is 32.8 Å². The van der Waals surface area contributed by atoms with Crippen molar-refractivity contribution in [3.05, 3.63) is 182 Å². The van der Waals surface area contributed by atoms with E-state index in [4.69, 9.17) is 14.4 Å². The Morgan fingerprint density at radius 3 is 1.63 bits per heavy atom. The van der Waals surface area contributed by atoms with Gasteiger partial charge < -0.3 is 4.42 Å². The van der Waals surface area contributed by atoms with Crippen molar-refractivity contribution >= 4 is 43.5 Å². The summed E-state index contributed by atoms with van der Waals surface area (Å²) in [6.45, 7) is 0. The van der Waals surface area contributed by atoms with E-state index in [9.17, 15) is 0 Å². The SMILES string of the molecule is c1ccc(-c2cc(-c3ccc4c(c3)oc3c4ccc4c5ccccc5ccc43)cc(-c3cc(-c4ccccc4)nc(-c4ccccc4)n3)c2)cc1.